The van der Waals surface area contributed by atoms with Gasteiger partial charge in [0.05, 0.1) is 6.04 Å². The number of carboxylic acids is 1. The number of nitrogens with one attached hydrogen (secondary N) is 4. The number of phenolic OH excluding ortho intramolecular Hbond substituents is 1. The van der Waals surface area contributed by atoms with Crippen molar-refractivity contribution in [2.45, 2.75) is 56.3 Å². The number of phenols is 1. The van der Waals surface area contributed by atoms with Crippen LogP contribution in [0.25, 0.3) is 0 Å². The molecule has 0 bridgehead atoms. The van der Waals surface area contributed by atoms with E-state index < -0.39 is 53.8 Å². The zero-order valence-electron chi connectivity index (χ0n) is 19.0. The molecule has 8 N–H and O–H groups in total. The van der Waals surface area contributed by atoms with Crippen LogP contribution in [0.15, 0.2) is 24.3 Å². The third-order valence-corrected chi connectivity index (χ3v) is 5.86. The maximum Gasteiger partial charge on any atom is 0.326 e. The van der Waals surface area contributed by atoms with E-state index in [4.69, 9.17) is 5.73 Å². The number of nitrogens with two attached hydrogens (primary N) is 1. The fourth-order valence-corrected chi connectivity index (χ4v) is 3.80. The lowest BCUT2D eigenvalue weighted by Crippen LogP contribution is -2.57. The van der Waals surface area contributed by atoms with E-state index in [1.807, 2.05) is 0 Å². The fraction of sp³-hybridized carbons (Fsp3) is 0.500. The summed E-state index contributed by atoms with van der Waals surface area (Å²) in [5.74, 6) is -3.98. The lowest BCUT2D eigenvalue weighted by atomic mass is 10.1. The number of carbonyl (C=O) groups excluding carboxylic acids is 4. The molecular weight excluding hydrogens is 478 g/mol. The fourth-order valence-electron chi connectivity index (χ4n) is 3.54. The summed E-state index contributed by atoms with van der Waals surface area (Å²) < 4.78 is 0. The van der Waals surface area contributed by atoms with Gasteiger partial charge < -0.3 is 37.2 Å². The Balaban J connectivity index is 2.04. The van der Waals surface area contributed by atoms with E-state index >= 15 is 0 Å². The smallest absolute Gasteiger partial charge is 0.326 e. The van der Waals surface area contributed by atoms with Crippen LogP contribution in [0.5, 0.6) is 5.75 Å². The van der Waals surface area contributed by atoms with Crippen LogP contribution in [0, 0.1) is 0 Å². The molecule has 4 unspecified atom stereocenters. The van der Waals surface area contributed by atoms with Crippen LogP contribution in [0.3, 0.4) is 0 Å². The van der Waals surface area contributed by atoms with Crippen molar-refractivity contribution in [1.29, 1.82) is 0 Å². The third kappa shape index (κ3) is 9.09. The summed E-state index contributed by atoms with van der Waals surface area (Å²) in [5, 5.41) is 29.3. The predicted octanol–water partition coefficient (Wildman–Crippen LogP) is -1.58. The van der Waals surface area contributed by atoms with E-state index in [9.17, 15) is 34.2 Å². The Morgan fingerprint density at radius 3 is 2.20 bits per heavy atom. The molecule has 1 aromatic rings. The number of aromatic hydroxyl groups is 1. The molecule has 192 valence electrons. The molecule has 1 aliphatic heterocycles. The minimum Gasteiger partial charge on any atom is -0.508 e. The lowest BCUT2D eigenvalue weighted by molar-refractivity contribution is -0.142. The summed E-state index contributed by atoms with van der Waals surface area (Å²) in [7, 11) is 0. The van der Waals surface area contributed by atoms with E-state index in [0.717, 1.165) is 6.42 Å². The summed E-state index contributed by atoms with van der Waals surface area (Å²) in [5.41, 5.74) is 5.75. The molecule has 12 nitrogen and oxygen atoms in total. The minimum absolute atomic E-state index is 0.0178. The van der Waals surface area contributed by atoms with Crippen LogP contribution in [-0.4, -0.2) is 76.3 Å². The number of amides is 4. The van der Waals surface area contributed by atoms with Gasteiger partial charge in [-0.1, -0.05) is 12.1 Å². The van der Waals surface area contributed by atoms with Crippen molar-refractivity contribution in [2.24, 2.45) is 5.73 Å². The molecule has 13 heteroatoms. The van der Waals surface area contributed by atoms with Crippen molar-refractivity contribution >= 4 is 42.2 Å². The summed E-state index contributed by atoms with van der Waals surface area (Å²) in [4.78, 5) is 61.0. The van der Waals surface area contributed by atoms with E-state index in [-0.39, 0.29) is 30.8 Å². The van der Waals surface area contributed by atoms with Gasteiger partial charge in [0.2, 0.25) is 23.6 Å². The molecule has 2 rings (SSSR count). The molecule has 1 heterocycles. The largest absolute Gasteiger partial charge is 0.508 e. The Morgan fingerprint density at radius 1 is 1.03 bits per heavy atom. The molecule has 1 aromatic carbocycles. The topological polar surface area (TPSA) is 200 Å². The van der Waals surface area contributed by atoms with Crippen molar-refractivity contribution < 1.29 is 34.2 Å². The van der Waals surface area contributed by atoms with Gasteiger partial charge >= 0.3 is 5.97 Å². The predicted molar refractivity (Wildman–Crippen MR) is 129 cm³/mol. The Hall–Kier alpha value is -3.32. The number of rotatable bonds is 13. The summed E-state index contributed by atoms with van der Waals surface area (Å²) >= 11 is 4.09. The Labute approximate surface area is 207 Å². The second-order valence-electron chi connectivity index (χ2n) is 8.23. The van der Waals surface area contributed by atoms with Gasteiger partial charge in [-0.2, -0.15) is 12.6 Å². The average Bonchev–Trinajstić information content (AvgIpc) is 3.35. The summed E-state index contributed by atoms with van der Waals surface area (Å²) in [6.45, 7) is 0.674. The number of aliphatic carboxylic acids is 1. The monoisotopic (exact) mass is 509 g/mol. The standard InChI is InChI=1S/C22H31N5O7S/c23-18(29)8-7-15(25-19(30)14-2-1-9-24-14)20(31)27-17(11-35)21(32)26-16(22(33)34)10-12-3-5-13(28)6-4-12/h3-6,14-17,24,28,35H,1-2,7-11H2,(H2,23,29)(H,25,30)(H,26,32)(H,27,31)(H,33,34). The van der Waals surface area contributed by atoms with Crippen molar-refractivity contribution in [3.8, 4) is 5.75 Å². The van der Waals surface area contributed by atoms with E-state index in [1.54, 1.807) is 0 Å². The zero-order chi connectivity index (χ0) is 26.0. The quantitative estimate of drug-likeness (QED) is 0.146. The lowest BCUT2D eigenvalue weighted by Gasteiger charge is -2.24. The van der Waals surface area contributed by atoms with Gasteiger partial charge in [-0.3, -0.25) is 19.2 Å². The molecule has 4 amide bonds. The molecule has 0 aliphatic carbocycles. The molecule has 0 aromatic heterocycles. The van der Waals surface area contributed by atoms with Crippen LogP contribution in [-0.2, 0) is 30.4 Å². The van der Waals surface area contributed by atoms with E-state index in [0.29, 0.717) is 18.5 Å². The number of benzene rings is 1. The zero-order valence-corrected chi connectivity index (χ0v) is 19.9. The molecule has 4 atom stereocenters. The maximum atomic E-state index is 12.9. The van der Waals surface area contributed by atoms with Gasteiger partial charge in [0.1, 0.15) is 23.9 Å². The Bertz CT molecular complexity index is 921. The van der Waals surface area contributed by atoms with E-state index in [1.165, 1.54) is 24.3 Å². The van der Waals surface area contributed by atoms with Crippen LogP contribution in [0.2, 0.25) is 0 Å². The highest BCUT2D eigenvalue weighted by Gasteiger charge is 2.31. The van der Waals surface area contributed by atoms with E-state index in [2.05, 4.69) is 33.9 Å². The van der Waals surface area contributed by atoms with Gasteiger partial charge in [-0.15, -0.1) is 0 Å². The second kappa shape index (κ2) is 13.5. The first kappa shape index (κ1) is 27.9. The van der Waals surface area contributed by atoms with Crippen molar-refractivity contribution in [3.05, 3.63) is 29.8 Å². The highest BCUT2D eigenvalue weighted by molar-refractivity contribution is 7.80. The molecule has 1 fully saturated rings. The Kier molecular flexibility index (Phi) is 10.8. The average molecular weight is 510 g/mol. The number of carboxylic acid groups (broad SMARTS) is 1. The van der Waals surface area contributed by atoms with Crippen LogP contribution in [0.4, 0.5) is 0 Å². The molecular formula is C22H31N5O7S. The van der Waals surface area contributed by atoms with Gasteiger partial charge in [-0.25, -0.2) is 4.79 Å². The first-order valence-corrected chi connectivity index (χ1v) is 11.8. The number of thiol groups is 1. The summed E-state index contributed by atoms with van der Waals surface area (Å²) in [6.07, 6.45) is 1.13. The number of hydrogen-bond donors (Lipinski definition) is 8. The van der Waals surface area contributed by atoms with Gasteiger partial charge in [-0.05, 0) is 43.5 Å². The highest BCUT2D eigenvalue weighted by Crippen LogP contribution is 2.12. The van der Waals surface area contributed by atoms with Crippen LogP contribution >= 0.6 is 12.6 Å². The number of primary amides is 1. The second-order valence-corrected chi connectivity index (χ2v) is 8.59. The molecule has 1 saturated heterocycles. The normalized spacial score (nSPS) is 17.6. The van der Waals surface area contributed by atoms with Gasteiger partial charge in [0.25, 0.3) is 0 Å². The van der Waals surface area contributed by atoms with Crippen LogP contribution in [0.1, 0.15) is 31.2 Å². The number of hydrogen-bond acceptors (Lipinski definition) is 8. The molecule has 1 aliphatic rings. The van der Waals surface area contributed by atoms with Crippen molar-refractivity contribution in [2.75, 3.05) is 12.3 Å². The van der Waals surface area contributed by atoms with Gasteiger partial charge in [0.15, 0.2) is 0 Å². The SMILES string of the molecule is NC(=O)CCC(NC(=O)C1CCCN1)C(=O)NC(CS)C(=O)NC(Cc1ccc(O)cc1)C(=O)O. The van der Waals surface area contributed by atoms with Gasteiger partial charge in [0, 0.05) is 18.6 Å². The van der Waals surface area contributed by atoms with Crippen LogP contribution < -0.4 is 27.0 Å². The first-order chi connectivity index (χ1) is 16.6. The maximum absolute atomic E-state index is 12.9. The number of carbonyl (C=O) groups is 5. The molecule has 0 radical (unpaired) electrons. The summed E-state index contributed by atoms with van der Waals surface area (Å²) in [6, 6.07) is 1.76. The Morgan fingerprint density at radius 2 is 1.66 bits per heavy atom. The minimum atomic E-state index is -1.30. The molecule has 0 saturated carbocycles. The van der Waals surface area contributed by atoms with Crippen molar-refractivity contribution in [1.82, 2.24) is 21.3 Å². The molecule has 0 spiro atoms. The van der Waals surface area contributed by atoms with Crippen molar-refractivity contribution in [3.63, 3.8) is 0 Å². The first-order valence-electron chi connectivity index (χ1n) is 11.1. The highest BCUT2D eigenvalue weighted by atomic mass is 32.1. The molecule has 35 heavy (non-hydrogen) atoms. The third-order valence-electron chi connectivity index (χ3n) is 5.50.